The van der Waals surface area contributed by atoms with Gasteiger partial charge in [0.15, 0.2) is 0 Å². The summed E-state index contributed by atoms with van der Waals surface area (Å²) in [7, 11) is 0. The Kier molecular flexibility index (Phi) is 7.10. The van der Waals surface area contributed by atoms with Crippen molar-refractivity contribution in [2.45, 2.75) is 51.1 Å². The predicted octanol–water partition coefficient (Wildman–Crippen LogP) is 6.18. The van der Waals surface area contributed by atoms with E-state index in [-0.39, 0.29) is 18.4 Å². The molecule has 1 aliphatic carbocycles. The maximum Gasteiger partial charge on any atom is 0.303 e. The summed E-state index contributed by atoms with van der Waals surface area (Å²) in [6.45, 7) is -1.71. The minimum absolute atomic E-state index is 0.129. The Morgan fingerprint density at radius 1 is 0.882 bits per heavy atom. The van der Waals surface area contributed by atoms with Gasteiger partial charge >= 0.3 is 5.97 Å². The normalized spacial score (nSPS) is 14.1. The fourth-order valence-electron chi connectivity index (χ4n) is 3.77. The van der Waals surface area contributed by atoms with Crippen molar-refractivity contribution in [3.63, 3.8) is 0 Å². The highest BCUT2D eigenvalue weighted by Crippen LogP contribution is 2.32. The number of hydrogen-bond donors (Lipinski definition) is 1. The molecule has 0 saturated heterocycles. The average Bonchev–Trinajstić information content (AvgIpc) is 3.71. The molecule has 5 nitrogen and oxygen atoms in total. The second kappa shape index (κ2) is 11.5. The number of benzene rings is 3. The van der Waals surface area contributed by atoms with E-state index in [1.165, 1.54) is 4.90 Å². The Labute approximate surface area is 203 Å². The summed E-state index contributed by atoms with van der Waals surface area (Å²) >= 11 is 0. The van der Waals surface area contributed by atoms with Gasteiger partial charge in [0, 0.05) is 30.1 Å². The quantitative estimate of drug-likeness (QED) is 0.328. The molecule has 4 rings (SSSR count). The third-order valence-corrected chi connectivity index (χ3v) is 5.79. The van der Waals surface area contributed by atoms with Crippen LogP contribution in [0.25, 0.3) is 11.1 Å². The number of para-hydroxylation sites is 1. The first-order chi connectivity index (χ1) is 17.4. The van der Waals surface area contributed by atoms with E-state index in [1.807, 2.05) is 42.5 Å². The molecule has 1 saturated carbocycles. The monoisotopic (exact) mass is 459 g/mol. The van der Waals surface area contributed by atoms with Crippen molar-refractivity contribution in [3.05, 3.63) is 90.0 Å². The van der Waals surface area contributed by atoms with E-state index in [0.29, 0.717) is 42.7 Å². The molecule has 0 aromatic heterocycles. The van der Waals surface area contributed by atoms with Crippen molar-refractivity contribution in [2.75, 3.05) is 6.61 Å². The van der Waals surface area contributed by atoms with Gasteiger partial charge in [0.2, 0.25) is 0 Å². The van der Waals surface area contributed by atoms with Crippen LogP contribution in [0.5, 0.6) is 5.75 Å². The summed E-state index contributed by atoms with van der Waals surface area (Å²) in [6.07, 6.45) is 3.62. The number of ether oxygens (including phenoxy) is 1. The van der Waals surface area contributed by atoms with Crippen molar-refractivity contribution in [1.29, 1.82) is 0 Å². The second-order valence-electron chi connectivity index (χ2n) is 8.51. The first kappa shape index (κ1) is 21.0. The summed E-state index contributed by atoms with van der Waals surface area (Å²) in [4.78, 5) is 25.6. The lowest BCUT2D eigenvalue weighted by Crippen LogP contribution is -2.32. The smallest absolute Gasteiger partial charge is 0.303 e. The van der Waals surface area contributed by atoms with E-state index < -0.39 is 12.5 Å². The molecule has 0 radical (unpaired) electrons. The van der Waals surface area contributed by atoms with Gasteiger partial charge in [-0.05, 0) is 61.4 Å². The van der Waals surface area contributed by atoms with Gasteiger partial charge in [-0.1, -0.05) is 60.7 Å². The number of nitrogens with zero attached hydrogens (tertiary/aromatic N) is 1. The van der Waals surface area contributed by atoms with Gasteiger partial charge in [-0.2, -0.15) is 0 Å². The van der Waals surface area contributed by atoms with Crippen LogP contribution in [0, 0.1) is 0 Å². The van der Waals surface area contributed by atoms with Gasteiger partial charge in [-0.15, -0.1) is 0 Å². The number of carboxylic acids is 1. The van der Waals surface area contributed by atoms with E-state index in [2.05, 4.69) is 0 Å². The molecular weight excluding hydrogens is 426 g/mol. The summed E-state index contributed by atoms with van der Waals surface area (Å²) in [5, 5.41) is 8.76. The Morgan fingerprint density at radius 2 is 1.56 bits per heavy atom. The summed E-state index contributed by atoms with van der Waals surface area (Å²) in [5.41, 5.74) is 2.81. The van der Waals surface area contributed by atoms with Crippen molar-refractivity contribution in [1.82, 2.24) is 4.90 Å². The maximum absolute atomic E-state index is 13.6. The van der Waals surface area contributed by atoms with E-state index in [1.54, 1.807) is 36.4 Å². The lowest BCUT2D eigenvalue weighted by Gasteiger charge is -2.24. The summed E-state index contributed by atoms with van der Waals surface area (Å²) in [6, 6.07) is 24.0. The molecule has 1 aliphatic rings. The van der Waals surface area contributed by atoms with Crippen LogP contribution in [0.2, 0.25) is 0 Å². The number of carbonyl (C=O) groups excluding carboxylic acids is 1. The third-order valence-electron chi connectivity index (χ3n) is 5.79. The van der Waals surface area contributed by atoms with Gasteiger partial charge in [0.05, 0.1) is 9.35 Å². The molecule has 0 heterocycles. The Morgan fingerprint density at radius 3 is 2.26 bits per heavy atom. The Balaban J connectivity index is 1.50. The molecule has 3 aromatic carbocycles. The Hall–Kier alpha value is -3.60. The van der Waals surface area contributed by atoms with Crippen molar-refractivity contribution < 1.29 is 22.2 Å². The highest BCUT2D eigenvalue weighted by atomic mass is 16.5. The molecule has 5 heteroatoms. The zero-order valence-corrected chi connectivity index (χ0v) is 19.2. The molecule has 1 fully saturated rings. The van der Waals surface area contributed by atoms with Crippen LogP contribution in [-0.2, 0) is 11.3 Å². The van der Waals surface area contributed by atoms with Gasteiger partial charge in [0.25, 0.3) is 5.91 Å². The molecule has 0 spiro atoms. The first-order valence-corrected chi connectivity index (χ1v) is 11.8. The van der Waals surface area contributed by atoms with E-state index >= 15 is 0 Å². The van der Waals surface area contributed by atoms with Crippen molar-refractivity contribution in [3.8, 4) is 16.9 Å². The Bertz CT molecular complexity index is 1180. The molecule has 0 atom stereocenters. The lowest BCUT2D eigenvalue weighted by atomic mass is 10.0. The summed E-state index contributed by atoms with van der Waals surface area (Å²) in [5.74, 6) is -0.752. The van der Waals surface area contributed by atoms with Gasteiger partial charge in [0.1, 0.15) is 5.75 Å². The zero-order chi connectivity index (χ0) is 25.5. The fraction of sp³-hybridized carbons (Fsp3) is 0.310. The van der Waals surface area contributed by atoms with Crippen LogP contribution in [0.1, 0.15) is 57.2 Å². The van der Waals surface area contributed by atoms with Crippen molar-refractivity contribution >= 4 is 11.9 Å². The molecule has 1 amide bonds. The lowest BCUT2D eigenvalue weighted by molar-refractivity contribution is -0.137. The van der Waals surface area contributed by atoms with E-state index in [4.69, 9.17) is 12.6 Å². The molecule has 0 bridgehead atoms. The van der Waals surface area contributed by atoms with Crippen molar-refractivity contribution in [2.24, 2.45) is 0 Å². The van der Waals surface area contributed by atoms with Crippen LogP contribution < -0.4 is 4.74 Å². The predicted molar refractivity (Wildman–Crippen MR) is 133 cm³/mol. The standard InChI is InChI=1S/C29H31NO4/c31-28(32)13-5-2-8-20-34-27-12-7-6-11-25(27)21-30(26-18-19-26)29(33)24-16-14-23(15-17-24)22-9-3-1-4-10-22/h1,3-4,6-7,9-12,14-17,26H,2,5,8,13,18-21H2,(H,31,32)/i21D2. The SMILES string of the molecule is [2H]C([2H])(c1ccccc1OCCCCCC(=O)O)N(C(=O)c1ccc(-c2ccccc2)cc1)C1CC1. The number of rotatable bonds is 12. The fourth-order valence-corrected chi connectivity index (χ4v) is 3.77. The van der Waals surface area contributed by atoms with Crippen LogP contribution in [0.4, 0.5) is 0 Å². The minimum atomic E-state index is -2.06. The summed E-state index contributed by atoms with van der Waals surface area (Å²) < 4.78 is 23.9. The molecular formula is C29H31NO4. The minimum Gasteiger partial charge on any atom is -0.493 e. The number of carboxylic acid groups (broad SMARTS) is 1. The third kappa shape index (κ3) is 6.47. The molecule has 0 unspecified atom stereocenters. The highest BCUT2D eigenvalue weighted by molar-refractivity contribution is 5.95. The molecule has 176 valence electrons. The number of aliphatic carboxylic acids is 1. The van der Waals surface area contributed by atoms with Gasteiger partial charge in [-0.25, -0.2) is 0 Å². The van der Waals surface area contributed by atoms with E-state index in [9.17, 15) is 9.59 Å². The molecule has 34 heavy (non-hydrogen) atoms. The topological polar surface area (TPSA) is 66.8 Å². The number of carbonyl (C=O) groups is 2. The molecule has 3 aromatic rings. The van der Waals surface area contributed by atoms with Crippen LogP contribution >= 0.6 is 0 Å². The second-order valence-corrected chi connectivity index (χ2v) is 8.51. The van der Waals surface area contributed by atoms with Crippen LogP contribution in [0.15, 0.2) is 78.9 Å². The number of hydrogen-bond acceptors (Lipinski definition) is 3. The average molecular weight is 460 g/mol. The number of unbranched alkanes of at least 4 members (excludes halogenated alkanes) is 2. The maximum atomic E-state index is 13.6. The van der Waals surface area contributed by atoms with Gasteiger partial charge < -0.3 is 14.7 Å². The van der Waals surface area contributed by atoms with E-state index in [0.717, 1.165) is 24.0 Å². The zero-order valence-electron chi connectivity index (χ0n) is 21.2. The van der Waals surface area contributed by atoms with Crippen LogP contribution in [0.3, 0.4) is 0 Å². The number of amides is 1. The molecule has 0 aliphatic heterocycles. The first-order valence-electron chi connectivity index (χ1n) is 12.8. The highest BCUT2D eigenvalue weighted by Gasteiger charge is 2.33. The molecule has 1 N–H and O–H groups in total. The van der Waals surface area contributed by atoms with Crippen LogP contribution in [-0.4, -0.2) is 34.5 Å². The largest absolute Gasteiger partial charge is 0.493 e. The van der Waals surface area contributed by atoms with Gasteiger partial charge in [-0.3, -0.25) is 9.59 Å².